The monoisotopic (exact) mass is 303 g/mol. The quantitative estimate of drug-likeness (QED) is 0.769. The van der Waals surface area contributed by atoms with Crippen LogP contribution in [0.3, 0.4) is 0 Å². The Balaban J connectivity index is 3.06. The molecule has 0 bridgehead atoms. The van der Waals surface area contributed by atoms with Crippen LogP contribution < -0.4 is 9.88 Å². The molecule has 7 nitrogen and oxygen atoms in total. The van der Waals surface area contributed by atoms with Crippen LogP contribution in [-0.2, 0) is 19.5 Å². The molecular weight excluding hydrogens is 286 g/mol. The molecule has 0 aliphatic carbocycles. The van der Waals surface area contributed by atoms with Gasteiger partial charge in [0, 0.05) is 7.11 Å². The standard InChI is InChI=1S/C12H17NO6S/c1-8(7-17-2)19-12(14)9-4-5-10(18-3)11(6-9)20(13,15)16/h4-6,8H,7H2,1-3H3,(H2,13,15,16). The molecule has 112 valence electrons. The molecule has 0 spiro atoms. The molecule has 0 saturated carbocycles. The second-order valence-corrected chi connectivity index (χ2v) is 5.61. The molecule has 0 aromatic heterocycles. The lowest BCUT2D eigenvalue weighted by atomic mass is 10.2. The van der Waals surface area contributed by atoms with E-state index in [9.17, 15) is 13.2 Å². The highest BCUT2D eigenvalue weighted by Crippen LogP contribution is 2.24. The van der Waals surface area contributed by atoms with E-state index in [0.29, 0.717) is 0 Å². The maximum absolute atomic E-state index is 11.9. The number of hydrogen-bond donors (Lipinski definition) is 1. The van der Waals surface area contributed by atoms with E-state index in [1.54, 1.807) is 6.92 Å². The van der Waals surface area contributed by atoms with Crippen molar-refractivity contribution < 1.29 is 27.4 Å². The van der Waals surface area contributed by atoms with E-state index in [4.69, 9.17) is 19.3 Å². The van der Waals surface area contributed by atoms with E-state index in [1.165, 1.54) is 26.4 Å². The summed E-state index contributed by atoms with van der Waals surface area (Å²) in [6.07, 6.45) is -0.451. The number of benzene rings is 1. The maximum atomic E-state index is 11.9. The minimum absolute atomic E-state index is 0.0639. The van der Waals surface area contributed by atoms with Crippen LogP contribution in [0, 0.1) is 0 Å². The molecule has 0 aliphatic heterocycles. The topological polar surface area (TPSA) is 105 Å². The Hall–Kier alpha value is -1.64. The molecule has 1 aromatic carbocycles. The Morgan fingerprint density at radius 2 is 2.00 bits per heavy atom. The highest BCUT2D eigenvalue weighted by atomic mass is 32.2. The number of rotatable bonds is 6. The maximum Gasteiger partial charge on any atom is 0.338 e. The van der Waals surface area contributed by atoms with Gasteiger partial charge in [-0.15, -0.1) is 0 Å². The molecule has 1 atom stereocenters. The van der Waals surface area contributed by atoms with Crippen LogP contribution in [0.25, 0.3) is 0 Å². The van der Waals surface area contributed by atoms with E-state index in [1.807, 2.05) is 0 Å². The number of primary sulfonamides is 1. The number of sulfonamides is 1. The average Bonchev–Trinajstić information content (AvgIpc) is 2.37. The zero-order valence-electron chi connectivity index (χ0n) is 11.5. The summed E-state index contributed by atoms with van der Waals surface area (Å²) >= 11 is 0. The van der Waals surface area contributed by atoms with E-state index in [2.05, 4.69) is 0 Å². The normalized spacial score (nSPS) is 12.8. The van der Waals surface area contributed by atoms with Gasteiger partial charge in [0.25, 0.3) is 0 Å². The Morgan fingerprint density at radius 3 is 2.50 bits per heavy atom. The smallest absolute Gasteiger partial charge is 0.338 e. The van der Waals surface area contributed by atoms with Gasteiger partial charge in [-0.3, -0.25) is 0 Å². The molecule has 1 unspecified atom stereocenters. The molecule has 1 rings (SSSR count). The van der Waals surface area contributed by atoms with Crippen molar-refractivity contribution >= 4 is 16.0 Å². The summed E-state index contributed by atoms with van der Waals surface area (Å²) in [7, 11) is -1.21. The zero-order valence-corrected chi connectivity index (χ0v) is 12.3. The molecule has 1 aromatic rings. The number of carbonyl (C=O) groups is 1. The molecule has 0 heterocycles. The van der Waals surface area contributed by atoms with Crippen molar-refractivity contribution in [2.24, 2.45) is 5.14 Å². The Kier molecular flexibility index (Phi) is 5.49. The van der Waals surface area contributed by atoms with E-state index >= 15 is 0 Å². The third-order valence-corrected chi connectivity index (χ3v) is 3.35. The highest BCUT2D eigenvalue weighted by molar-refractivity contribution is 7.89. The van der Waals surface area contributed by atoms with Crippen LogP contribution >= 0.6 is 0 Å². The van der Waals surface area contributed by atoms with E-state index < -0.39 is 22.1 Å². The molecule has 20 heavy (non-hydrogen) atoms. The lowest BCUT2D eigenvalue weighted by Gasteiger charge is -2.13. The molecule has 8 heteroatoms. The number of ether oxygens (including phenoxy) is 3. The van der Waals surface area contributed by atoms with Gasteiger partial charge in [-0.1, -0.05) is 0 Å². The van der Waals surface area contributed by atoms with Crippen LogP contribution in [0.5, 0.6) is 5.75 Å². The van der Waals surface area contributed by atoms with Crippen molar-refractivity contribution in [3.05, 3.63) is 23.8 Å². The lowest BCUT2D eigenvalue weighted by molar-refractivity contribution is 0.0120. The largest absolute Gasteiger partial charge is 0.495 e. The molecule has 0 aliphatic rings. The van der Waals surface area contributed by atoms with Crippen molar-refractivity contribution in [2.75, 3.05) is 20.8 Å². The fourth-order valence-electron chi connectivity index (χ4n) is 1.55. The van der Waals surface area contributed by atoms with Gasteiger partial charge < -0.3 is 14.2 Å². The average molecular weight is 303 g/mol. The van der Waals surface area contributed by atoms with Crippen molar-refractivity contribution in [1.29, 1.82) is 0 Å². The first-order valence-corrected chi connectivity index (χ1v) is 7.25. The van der Waals surface area contributed by atoms with Crippen LogP contribution in [0.15, 0.2) is 23.1 Å². The Bertz CT molecular complexity index is 584. The summed E-state index contributed by atoms with van der Waals surface area (Å²) < 4.78 is 37.7. The van der Waals surface area contributed by atoms with Crippen LogP contribution in [-0.4, -0.2) is 41.3 Å². The summed E-state index contributed by atoms with van der Waals surface area (Å²) in [6, 6.07) is 3.86. The molecular formula is C12H17NO6S. The third-order valence-electron chi connectivity index (χ3n) is 2.42. The molecule has 0 radical (unpaired) electrons. The molecule has 0 amide bonds. The predicted molar refractivity (Wildman–Crippen MR) is 71.1 cm³/mol. The van der Waals surface area contributed by atoms with Gasteiger partial charge in [-0.25, -0.2) is 18.4 Å². The molecule has 2 N–H and O–H groups in total. The first kappa shape index (κ1) is 16.4. The van der Waals surface area contributed by atoms with Crippen LogP contribution in [0.1, 0.15) is 17.3 Å². The third kappa shape index (κ3) is 4.19. The summed E-state index contributed by atoms with van der Waals surface area (Å²) in [4.78, 5) is 11.6. The Labute approximate surface area is 117 Å². The van der Waals surface area contributed by atoms with Gasteiger partial charge in [0.15, 0.2) is 0 Å². The van der Waals surface area contributed by atoms with Gasteiger partial charge >= 0.3 is 5.97 Å². The van der Waals surface area contributed by atoms with Gasteiger partial charge in [0.2, 0.25) is 10.0 Å². The highest BCUT2D eigenvalue weighted by Gasteiger charge is 2.19. The van der Waals surface area contributed by atoms with Gasteiger partial charge in [-0.2, -0.15) is 0 Å². The SMILES string of the molecule is COCC(C)OC(=O)c1ccc(OC)c(S(N)(=O)=O)c1. The minimum Gasteiger partial charge on any atom is -0.495 e. The summed E-state index contributed by atoms with van der Waals surface area (Å²) in [6.45, 7) is 1.90. The fourth-order valence-corrected chi connectivity index (χ4v) is 2.27. The second kappa shape index (κ2) is 6.69. The number of carbonyl (C=O) groups excluding carboxylic acids is 1. The first-order valence-electron chi connectivity index (χ1n) is 5.70. The van der Waals surface area contributed by atoms with Crippen LogP contribution in [0.4, 0.5) is 0 Å². The lowest BCUT2D eigenvalue weighted by Crippen LogP contribution is -2.20. The van der Waals surface area contributed by atoms with Gasteiger partial charge in [0.1, 0.15) is 16.7 Å². The van der Waals surface area contributed by atoms with Crippen molar-refractivity contribution in [3.63, 3.8) is 0 Å². The fraction of sp³-hybridized carbons (Fsp3) is 0.417. The van der Waals surface area contributed by atoms with Crippen molar-refractivity contribution in [3.8, 4) is 5.75 Å². The number of nitrogens with two attached hydrogens (primary N) is 1. The minimum atomic E-state index is -4.00. The summed E-state index contributed by atoms with van der Waals surface area (Å²) in [5.74, 6) is -0.601. The second-order valence-electron chi connectivity index (χ2n) is 4.08. The number of hydrogen-bond acceptors (Lipinski definition) is 6. The zero-order chi connectivity index (χ0) is 15.3. The number of esters is 1. The Morgan fingerprint density at radius 1 is 1.35 bits per heavy atom. The predicted octanol–water partition coefficient (Wildman–Crippen LogP) is 0.534. The summed E-state index contributed by atoms with van der Waals surface area (Å²) in [5, 5.41) is 5.07. The molecule has 0 fully saturated rings. The number of methoxy groups -OCH3 is 2. The van der Waals surface area contributed by atoms with Crippen molar-refractivity contribution in [1.82, 2.24) is 0 Å². The van der Waals surface area contributed by atoms with Crippen molar-refractivity contribution in [2.45, 2.75) is 17.9 Å². The van der Waals surface area contributed by atoms with Crippen LogP contribution in [0.2, 0.25) is 0 Å². The molecule has 0 saturated heterocycles. The van der Waals surface area contributed by atoms with Gasteiger partial charge in [0.05, 0.1) is 19.3 Å². The van der Waals surface area contributed by atoms with Gasteiger partial charge in [-0.05, 0) is 25.1 Å². The first-order chi connectivity index (χ1) is 9.29. The van der Waals surface area contributed by atoms with E-state index in [0.717, 1.165) is 6.07 Å². The van der Waals surface area contributed by atoms with E-state index in [-0.39, 0.29) is 22.8 Å². The summed E-state index contributed by atoms with van der Waals surface area (Å²) in [5.41, 5.74) is 0.0674.